The third-order valence-corrected chi connectivity index (χ3v) is 12.0. The number of aliphatic hydroxyl groups is 1. The molecule has 51 heavy (non-hydrogen) atoms. The first kappa shape index (κ1) is 35.0. The Kier molecular flexibility index (Phi) is 9.14. The lowest BCUT2D eigenvalue weighted by atomic mass is 9.47. The van der Waals surface area contributed by atoms with Gasteiger partial charge in [-0.3, -0.25) is 14.5 Å². The average molecular weight is 701 g/mol. The smallest absolute Gasteiger partial charge is 0.344 e. The maximum atomic E-state index is 14.1. The highest BCUT2D eigenvalue weighted by molar-refractivity contribution is 5.87. The van der Waals surface area contributed by atoms with Crippen molar-refractivity contribution in [2.45, 2.75) is 74.3 Å². The van der Waals surface area contributed by atoms with E-state index in [1.807, 2.05) is 61.3 Å². The molecule has 0 bridgehead atoms. The summed E-state index contributed by atoms with van der Waals surface area (Å²) in [6.07, 6.45) is 4.86. The number of para-hydroxylation sites is 1. The average Bonchev–Trinajstić information content (AvgIpc) is 3.82. The van der Waals surface area contributed by atoms with Crippen molar-refractivity contribution >= 4 is 34.5 Å². The summed E-state index contributed by atoms with van der Waals surface area (Å²) in [4.78, 5) is 48.3. The lowest BCUT2D eigenvalue weighted by Crippen LogP contribution is -2.81. The Balaban J connectivity index is 1.14. The summed E-state index contributed by atoms with van der Waals surface area (Å²) < 4.78 is 22.4. The molecule has 1 aliphatic carbocycles. The highest BCUT2D eigenvalue weighted by Gasteiger charge is 2.80. The number of nitrogens with one attached hydrogen (secondary N) is 2. The minimum Gasteiger partial charge on any atom is -0.497 e. The second-order valence-electron chi connectivity index (χ2n) is 14.4. The molecule has 3 N–H and O–H groups in total. The number of likely N-dealkylation sites (N-methyl/N-ethyl adjacent to an activating group) is 1. The Morgan fingerprint density at radius 3 is 2.61 bits per heavy atom. The van der Waals surface area contributed by atoms with Gasteiger partial charge >= 0.3 is 17.9 Å². The third-order valence-electron chi connectivity index (χ3n) is 12.0. The van der Waals surface area contributed by atoms with E-state index in [0.29, 0.717) is 38.0 Å². The van der Waals surface area contributed by atoms with E-state index in [0.717, 1.165) is 40.9 Å². The number of rotatable bonds is 12. The summed E-state index contributed by atoms with van der Waals surface area (Å²) in [5.41, 5.74) is 0.0369. The fourth-order valence-electron chi connectivity index (χ4n) is 10.1. The van der Waals surface area contributed by atoms with Crippen molar-refractivity contribution in [3.05, 3.63) is 71.9 Å². The van der Waals surface area contributed by atoms with Gasteiger partial charge in [0, 0.05) is 66.3 Å². The SMILES string of the molecule is CC[C@]12C=CCN3CC[C@@]4(c5ccc(OC)cc5N(C)[C@H]4[C@@](O)(C(=O)OC)[C@@H]1OC(=O)CCCN[C@H](Cc1cc4ccccc4[nH]1)C(=O)OC)[C@@H]32. The van der Waals surface area contributed by atoms with Gasteiger partial charge in [0.2, 0.25) is 5.60 Å². The Labute approximate surface area is 298 Å². The first-order valence-corrected chi connectivity index (χ1v) is 17.8. The van der Waals surface area contributed by atoms with Gasteiger partial charge in [0.1, 0.15) is 11.8 Å². The van der Waals surface area contributed by atoms with Gasteiger partial charge in [-0.25, -0.2) is 4.79 Å². The van der Waals surface area contributed by atoms with Crippen LogP contribution in [-0.4, -0.2) is 111 Å². The highest BCUT2D eigenvalue weighted by Crippen LogP contribution is 2.67. The Morgan fingerprint density at radius 2 is 1.88 bits per heavy atom. The van der Waals surface area contributed by atoms with Gasteiger partial charge in [-0.2, -0.15) is 0 Å². The number of H-pyrrole nitrogens is 1. The number of hydrogen-bond acceptors (Lipinski definition) is 11. The molecule has 1 aromatic heterocycles. The summed E-state index contributed by atoms with van der Waals surface area (Å²) >= 11 is 0. The van der Waals surface area contributed by atoms with Crippen LogP contribution in [0, 0.1) is 5.41 Å². The van der Waals surface area contributed by atoms with Crippen molar-refractivity contribution in [3.63, 3.8) is 0 Å². The minimum atomic E-state index is -2.20. The molecule has 0 unspecified atom stereocenters. The number of carbonyl (C=O) groups excluding carboxylic acids is 3. The van der Waals surface area contributed by atoms with E-state index < -0.39 is 52.5 Å². The molecule has 7 atom stereocenters. The number of nitrogens with zero attached hydrogens (tertiary/aromatic N) is 2. The second-order valence-corrected chi connectivity index (χ2v) is 14.4. The summed E-state index contributed by atoms with van der Waals surface area (Å²) in [5, 5.41) is 17.3. The van der Waals surface area contributed by atoms with Crippen LogP contribution in [0.5, 0.6) is 5.75 Å². The highest BCUT2D eigenvalue weighted by atomic mass is 16.6. The lowest BCUT2D eigenvalue weighted by molar-refractivity contribution is -0.229. The fraction of sp³-hybridized carbons (Fsp3) is 0.513. The normalized spacial score (nSPS) is 29.6. The van der Waals surface area contributed by atoms with Crippen LogP contribution in [0.1, 0.15) is 43.9 Å². The van der Waals surface area contributed by atoms with Crippen LogP contribution in [0.25, 0.3) is 10.9 Å². The molecule has 0 amide bonds. The van der Waals surface area contributed by atoms with E-state index in [1.54, 1.807) is 7.11 Å². The number of fused-ring (bicyclic) bond motifs is 2. The van der Waals surface area contributed by atoms with Gasteiger partial charge in [0.25, 0.3) is 0 Å². The number of methoxy groups -OCH3 is 3. The molecule has 3 aromatic rings. The topological polar surface area (TPSA) is 143 Å². The predicted octanol–water partition coefficient (Wildman–Crippen LogP) is 3.26. The molecule has 2 aromatic carbocycles. The molecule has 272 valence electrons. The maximum absolute atomic E-state index is 14.1. The van der Waals surface area contributed by atoms with Crippen molar-refractivity contribution in [3.8, 4) is 5.75 Å². The van der Waals surface area contributed by atoms with E-state index in [1.165, 1.54) is 14.2 Å². The molecule has 3 aliphatic heterocycles. The largest absolute Gasteiger partial charge is 0.497 e. The van der Waals surface area contributed by atoms with Crippen molar-refractivity contribution in [2.24, 2.45) is 5.41 Å². The van der Waals surface area contributed by atoms with E-state index in [-0.39, 0.29) is 12.5 Å². The van der Waals surface area contributed by atoms with Gasteiger partial charge in [-0.15, -0.1) is 0 Å². The number of esters is 3. The van der Waals surface area contributed by atoms with Crippen molar-refractivity contribution in [1.82, 2.24) is 15.2 Å². The summed E-state index contributed by atoms with van der Waals surface area (Å²) in [6, 6.07) is 14.3. The van der Waals surface area contributed by atoms with Crippen LogP contribution in [0.2, 0.25) is 0 Å². The van der Waals surface area contributed by atoms with Crippen LogP contribution in [0.15, 0.2) is 60.7 Å². The first-order chi connectivity index (χ1) is 24.6. The van der Waals surface area contributed by atoms with Gasteiger partial charge in [-0.05, 0) is 61.5 Å². The number of aromatic nitrogens is 1. The molecular formula is C39H48N4O8. The minimum absolute atomic E-state index is 0.00198. The summed E-state index contributed by atoms with van der Waals surface area (Å²) in [6.45, 7) is 3.84. The van der Waals surface area contributed by atoms with Crippen LogP contribution in [-0.2, 0) is 40.4 Å². The zero-order valence-electron chi connectivity index (χ0n) is 29.9. The molecule has 4 heterocycles. The van der Waals surface area contributed by atoms with E-state index in [2.05, 4.69) is 33.4 Å². The Bertz CT molecular complexity index is 1830. The zero-order chi connectivity index (χ0) is 36.1. The molecule has 4 aliphatic rings. The van der Waals surface area contributed by atoms with Gasteiger partial charge < -0.3 is 39.3 Å². The molecule has 0 radical (unpaired) electrons. The molecule has 1 saturated heterocycles. The van der Waals surface area contributed by atoms with E-state index in [9.17, 15) is 19.5 Å². The molecule has 1 saturated carbocycles. The third kappa shape index (κ3) is 5.24. The summed E-state index contributed by atoms with van der Waals surface area (Å²) in [5.74, 6) is -1.11. The fourth-order valence-corrected chi connectivity index (χ4v) is 10.1. The van der Waals surface area contributed by atoms with E-state index in [4.69, 9.17) is 18.9 Å². The Hall–Kier alpha value is -4.39. The number of carbonyl (C=O) groups is 3. The van der Waals surface area contributed by atoms with Crippen molar-refractivity contribution in [2.75, 3.05) is 52.9 Å². The molecule has 2 fully saturated rings. The molecule has 7 rings (SSSR count). The monoisotopic (exact) mass is 700 g/mol. The van der Waals surface area contributed by atoms with Crippen LogP contribution < -0.4 is 15.0 Å². The molecule has 1 spiro atoms. The predicted molar refractivity (Wildman–Crippen MR) is 191 cm³/mol. The number of anilines is 1. The van der Waals surface area contributed by atoms with Crippen LogP contribution >= 0.6 is 0 Å². The molecular weight excluding hydrogens is 652 g/mol. The summed E-state index contributed by atoms with van der Waals surface area (Å²) in [7, 11) is 6.11. The van der Waals surface area contributed by atoms with Gasteiger partial charge in [0.05, 0.1) is 27.4 Å². The number of benzene rings is 2. The number of ether oxygens (including phenoxy) is 4. The number of aromatic amines is 1. The first-order valence-electron chi connectivity index (χ1n) is 17.8. The quantitative estimate of drug-likeness (QED) is 0.111. The maximum Gasteiger partial charge on any atom is 0.344 e. The van der Waals surface area contributed by atoms with Gasteiger partial charge in [-0.1, -0.05) is 43.3 Å². The molecule has 12 heteroatoms. The number of hydrogen-bond donors (Lipinski definition) is 3. The van der Waals surface area contributed by atoms with E-state index >= 15 is 0 Å². The van der Waals surface area contributed by atoms with Crippen LogP contribution in [0.3, 0.4) is 0 Å². The zero-order valence-corrected chi connectivity index (χ0v) is 29.9. The van der Waals surface area contributed by atoms with Crippen LogP contribution in [0.4, 0.5) is 5.69 Å². The lowest BCUT2D eigenvalue weighted by Gasteiger charge is -2.63. The second kappa shape index (κ2) is 13.3. The van der Waals surface area contributed by atoms with Crippen molar-refractivity contribution in [1.29, 1.82) is 0 Å². The van der Waals surface area contributed by atoms with Gasteiger partial charge in [0.15, 0.2) is 6.10 Å². The Morgan fingerprint density at radius 1 is 1.08 bits per heavy atom. The molecule has 12 nitrogen and oxygen atoms in total. The standard InChI is InChI=1S/C39H48N4O8/c1-6-37-16-10-19-43-20-17-38(33(37)43)27-15-14-26(48-3)23-30(27)42(2)34(38)39(47,36(46)50-5)35(37)51-31(44)13-9-18-40-29(32(45)49-4)22-25-21-24-11-7-8-12-28(24)41-25/h7-8,10-12,14-16,21,23,29,33-35,40-41,47H,6,9,13,17-20,22H2,1-5H3/t29-,33+,34-,35-,37-,38-,39+/m1/s1. The van der Waals surface area contributed by atoms with Crippen molar-refractivity contribution < 1.29 is 38.4 Å².